The first-order valence-corrected chi connectivity index (χ1v) is 7.04. The molecule has 0 spiro atoms. The quantitative estimate of drug-likeness (QED) is 0.734. The number of sulfone groups is 1. The van der Waals surface area contributed by atoms with E-state index in [1.165, 1.54) is 0 Å². The summed E-state index contributed by atoms with van der Waals surface area (Å²) in [5.41, 5.74) is 0.742. The van der Waals surface area contributed by atoms with Gasteiger partial charge in [-0.05, 0) is 12.5 Å². The Labute approximate surface area is 93.6 Å². The van der Waals surface area contributed by atoms with Crippen molar-refractivity contribution in [3.63, 3.8) is 0 Å². The average Bonchev–Trinajstić information content (AvgIpc) is 2.59. The van der Waals surface area contributed by atoms with E-state index in [-0.39, 0.29) is 17.4 Å². The van der Waals surface area contributed by atoms with Crippen LogP contribution in [0.5, 0.6) is 0 Å². The van der Waals surface area contributed by atoms with Crippen LogP contribution >= 0.6 is 11.6 Å². The highest BCUT2D eigenvalue weighted by atomic mass is 35.5. The Kier molecular flexibility index (Phi) is 2.93. The van der Waals surface area contributed by atoms with Crippen molar-refractivity contribution in [2.24, 2.45) is 0 Å². The van der Waals surface area contributed by atoms with E-state index in [1.54, 1.807) is 12.3 Å². The van der Waals surface area contributed by atoms with Gasteiger partial charge in [-0.1, -0.05) is 0 Å². The zero-order valence-corrected chi connectivity index (χ0v) is 9.63. The SMILES string of the molecule is O=S1(=O)CCC(c2nccc(CCl)n2)C1. The van der Waals surface area contributed by atoms with E-state index in [2.05, 4.69) is 9.97 Å². The van der Waals surface area contributed by atoms with Gasteiger partial charge in [0.15, 0.2) is 9.84 Å². The van der Waals surface area contributed by atoms with Gasteiger partial charge in [-0.2, -0.15) is 0 Å². The summed E-state index contributed by atoms with van der Waals surface area (Å²) in [4.78, 5) is 8.33. The van der Waals surface area contributed by atoms with E-state index in [9.17, 15) is 8.42 Å². The molecule has 6 heteroatoms. The van der Waals surface area contributed by atoms with Crippen molar-refractivity contribution in [2.75, 3.05) is 11.5 Å². The lowest BCUT2D eigenvalue weighted by Crippen LogP contribution is -2.08. The van der Waals surface area contributed by atoms with E-state index >= 15 is 0 Å². The summed E-state index contributed by atoms with van der Waals surface area (Å²) in [6.07, 6.45) is 2.25. The van der Waals surface area contributed by atoms with Crippen molar-refractivity contribution in [3.05, 3.63) is 23.8 Å². The van der Waals surface area contributed by atoms with Crippen molar-refractivity contribution >= 4 is 21.4 Å². The van der Waals surface area contributed by atoms with Crippen LogP contribution in [0.3, 0.4) is 0 Å². The molecule has 82 valence electrons. The normalized spacial score (nSPS) is 24.2. The Morgan fingerprint density at radius 3 is 2.93 bits per heavy atom. The molecule has 1 fully saturated rings. The summed E-state index contributed by atoms with van der Waals surface area (Å²) in [7, 11) is -2.88. The minimum absolute atomic E-state index is 0.0573. The summed E-state index contributed by atoms with van der Waals surface area (Å²) in [5, 5.41) is 0. The van der Waals surface area contributed by atoms with Crippen molar-refractivity contribution < 1.29 is 8.42 Å². The van der Waals surface area contributed by atoms with Crippen LogP contribution in [0.15, 0.2) is 12.3 Å². The highest BCUT2D eigenvalue weighted by molar-refractivity contribution is 7.91. The van der Waals surface area contributed by atoms with Crippen LogP contribution in [0.1, 0.15) is 23.9 Å². The standard InChI is InChI=1S/C9H11ClN2O2S/c10-5-8-1-3-11-9(12-8)7-2-4-15(13,14)6-7/h1,3,7H,2,4-6H2. The number of aromatic nitrogens is 2. The molecule has 0 saturated carbocycles. The lowest BCUT2D eigenvalue weighted by molar-refractivity contribution is 0.601. The van der Waals surface area contributed by atoms with E-state index in [0.29, 0.717) is 18.1 Å². The Balaban J connectivity index is 2.24. The zero-order chi connectivity index (χ0) is 10.9. The Morgan fingerprint density at radius 1 is 1.53 bits per heavy atom. The molecule has 1 aliphatic rings. The summed E-state index contributed by atoms with van der Waals surface area (Å²) >= 11 is 5.65. The molecule has 0 bridgehead atoms. The second-order valence-corrected chi connectivity index (χ2v) is 6.14. The maximum absolute atomic E-state index is 11.3. The highest BCUT2D eigenvalue weighted by Crippen LogP contribution is 2.26. The van der Waals surface area contributed by atoms with Gasteiger partial charge >= 0.3 is 0 Å². The van der Waals surface area contributed by atoms with Gasteiger partial charge in [0.1, 0.15) is 5.82 Å². The molecular weight excluding hydrogens is 236 g/mol. The molecule has 0 radical (unpaired) electrons. The van der Waals surface area contributed by atoms with Crippen LogP contribution in [0.25, 0.3) is 0 Å². The molecule has 1 unspecified atom stereocenters. The first-order chi connectivity index (χ1) is 7.11. The average molecular weight is 247 g/mol. The second-order valence-electron chi connectivity index (χ2n) is 3.64. The van der Waals surface area contributed by atoms with Crippen LogP contribution < -0.4 is 0 Å². The molecule has 1 saturated heterocycles. The van der Waals surface area contributed by atoms with Gasteiger partial charge in [-0.3, -0.25) is 0 Å². The molecule has 2 rings (SSSR count). The number of nitrogens with zero attached hydrogens (tertiary/aromatic N) is 2. The van der Waals surface area contributed by atoms with Crippen LogP contribution in [-0.4, -0.2) is 29.9 Å². The first kappa shape index (κ1) is 10.8. The smallest absolute Gasteiger partial charge is 0.151 e. The third-order valence-electron chi connectivity index (χ3n) is 2.47. The topological polar surface area (TPSA) is 59.9 Å². The zero-order valence-electron chi connectivity index (χ0n) is 8.06. The van der Waals surface area contributed by atoms with Crippen LogP contribution in [0.2, 0.25) is 0 Å². The number of hydrogen-bond donors (Lipinski definition) is 0. The molecular formula is C9H11ClN2O2S. The van der Waals surface area contributed by atoms with Crippen molar-refractivity contribution in [1.82, 2.24) is 9.97 Å². The monoisotopic (exact) mass is 246 g/mol. The summed E-state index contributed by atoms with van der Waals surface area (Å²) in [6, 6.07) is 1.74. The Hall–Kier alpha value is -0.680. The second kappa shape index (κ2) is 4.06. The van der Waals surface area contributed by atoms with Crippen LogP contribution in [0, 0.1) is 0 Å². The Bertz CT molecular complexity index is 461. The molecule has 1 aliphatic heterocycles. The van der Waals surface area contributed by atoms with Crippen LogP contribution in [0.4, 0.5) is 0 Å². The summed E-state index contributed by atoms with van der Waals surface area (Å²) in [6.45, 7) is 0. The lowest BCUT2D eigenvalue weighted by Gasteiger charge is -2.06. The predicted molar refractivity (Wildman–Crippen MR) is 57.6 cm³/mol. The lowest BCUT2D eigenvalue weighted by atomic mass is 10.1. The number of rotatable bonds is 2. The van der Waals surface area contributed by atoms with Gasteiger partial charge in [0.05, 0.1) is 23.1 Å². The minimum Gasteiger partial charge on any atom is -0.241 e. The van der Waals surface area contributed by atoms with Crippen LogP contribution in [-0.2, 0) is 15.7 Å². The molecule has 2 heterocycles. The van der Waals surface area contributed by atoms with Crippen molar-refractivity contribution in [1.29, 1.82) is 0 Å². The fourth-order valence-electron chi connectivity index (χ4n) is 1.68. The Morgan fingerprint density at radius 2 is 2.33 bits per heavy atom. The number of hydrogen-bond acceptors (Lipinski definition) is 4. The number of alkyl halides is 1. The van der Waals surface area contributed by atoms with Gasteiger partial charge in [0, 0.05) is 12.1 Å². The molecule has 0 amide bonds. The summed E-state index contributed by atoms with van der Waals surface area (Å²) in [5.74, 6) is 1.28. The van der Waals surface area contributed by atoms with E-state index in [4.69, 9.17) is 11.6 Å². The van der Waals surface area contributed by atoms with Crippen molar-refractivity contribution in [3.8, 4) is 0 Å². The first-order valence-electron chi connectivity index (χ1n) is 4.69. The maximum atomic E-state index is 11.3. The third-order valence-corrected chi connectivity index (χ3v) is 4.51. The van der Waals surface area contributed by atoms with Gasteiger partial charge < -0.3 is 0 Å². The maximum Gasteiger partial charge on any atom is 0.151 e. The van der Waals surface area contributed by atoms with Crippen molar-refractivity contribution in [2.45, 2.75) is 18.2 Å². The molecule has 0 aliphatic carbocycles. The third kappa shape index (κ3) is 2.46. The van der Waals surface area contributed by atoms with Gasteiger partial charge in [0.2, 0.25) is 0 Å². The highest BCUT2D eigenvalue weighted by Gasteiger charge is 2.30. The van der Waals surface area contributed by atoms with Gasteiger partial charge in [-0.15, -0.1) is 11.6 Å². The minimum atomic E-state index is -2.88. The molecule has 15 heavy (non-hydrogen) atoms. The molecule has 1 aromatic rings. The fourth-order valence-corrected chi connectivity index (χ4v) is 3.57. The molecule has 0 aromatic carbocycles. The van der Waals surface area contributed by atoms with E-state index in [1.807, 2.05) is 0 Å². The summed E-state index contributed by atoms with van der Waals surface area (Å²) < 4.78 is 22.6. The number of halogens is 1. The van der Waals surface area contributed by atoms with E-state index in [0.717, 1.165) is 5.69 Å². The molecule has 0 N–H and O–H groups in total. The fraction of sp³-hybridized carbons (Fsp3) is 0.556. The van der Waals surface area contributed by atoms with Gasteiger partial charge in [-0.25, -0.2) is 18.4 Å². The molecule has 1 atom stereocenters. The largest absolute Gasteiger partial charge is 0.241 e. The van der Waals surface area contributed by atoms with Gasteiger partial charge in [0.25, 0.3) is 0 Å². The predicted octanol–water partition coefficient (Wildman–Crippen LogP) is 1.12. The van der Waals surface area contributed by atoms with E-state index < -0.39 is 9.84 Å². The molecule has 1 aromatic heterocycles. The molecule has 4 nitrogen and oxygen atoms in total.